The Morgan fingerprint density at radius 2 is 1.56 bits per heavy atom. The third-order valence-electron chi connectivity index (χ3n) is 5.29. The number of benzene rings is 3. The number of carbonyl (C=O) groups is 2. The lowest BCUT2D eigenvalue weighted by Crippen LogP contribution is -2.34. The summed E-state index contributed by atoms with van der Waals surface area (Å²) in [6, 6.07) is 6.42. The summed E-state index contributed by atoms with van der Waals surface area (Å²) in [5, 5.41) is 28.5. The quantitative estimate of drug-likeness (QED) is 0.271. The molecule has 0 saturated carbocycles. The van der Waals surface area contributed by atoms with Crippen LogP contribution in [0.25, 0.3) is 0 Å². The van der Waals surface area contributed by atoms with E-state index >= 15 is 0 Å². The van der Waals surface area contributed by atoms with Crippen molar-refractivity contribution in [2.45, 2.75) is 5.60 Å². The van der Waals surface area contributed by atoms with Gasteiger partial charge in [0.05, 0.1) is 36.8 Å². The Morgan fingerprint density at radius 3 is 2.25 bits per heavy atom. The fourth-order valence-electron chi connectivity index (χ4n) is 4.11. The highest BCUT2D eigenvalue weighted by Crippen LogP contribution is 2.62. The number of esters is 1. The summed E-state index contributed by atoms with van der Waals surface area (Å²) in [7, 11) is 0. The molecule has 0 radical (unpaired) electrons. The molecule has 1 unspecified atom stereocenters. The number of rotatable bonds is 1. The number of fused-ring (bicyclic) bond motifs is 6. The predicted octanol–water partition coefficient (Wildman–Crippen LogP) is 5.98. The van der Waals surface area contributed by atoms with Crippen molar-refractivity contribution >= 4 is 58.3 Å². The molecule has 32 heavy (non-hydrogen) atoms. The lowest BCUT2D eigenvalue weighted by Gasteiger charge is -2.37. The van der Waals surface area contributed by atoms with E-state index in [1.54, 1.807) is 0 Å². The molecule has 2 heterocycles. The summed E-state index contributed by atoms with van der Waals surface area (Å²) in [6.45, 7) is 0. The van der Waals surface area contributed by atoms with Gasteiger partial charge in [-0.3, -0.25) is 0 Å². The Morgan fingerprint density at radius 1 is 0.875 bits per heavy atom. The second-order valence-corrected chi connectivity index (χ2v) is 8.57. The minimum absolute atomic E-state index is 0.00670. The summed E-state index contributed by atoms with van der Waals surface area (Å²) >= 11 is 25.4. The second kappa shape index (κ2) is 6.83. The van der Waals surface area contributed by atoms with Crippen LogP contribution >= 0.6 is 46.4 Å². The highest BCUT2D eigenvalue weighted by Gasteiger charge is 2.57. The topological polar surface area (TPSA) is 113 Å². The van der Waals surface area contributed by atoms with Crippen molar-refractivity contribution in [1.29, 1.82) is 0 Å². The number of halogens is 4. The Balaban J connectivity index is 2.02. The fraction of sp³-hybridized carbons (Fsp3) is 0.0476. The molecule has 0 amide bonds. The smallest absolute Gasteiger partial charge is 0.341 e. The van der Waals surface area contributed by atoms with Crippen LogP contribution < -0.4 is 4.74 Å². The maximum absolute atomic E-state index is 13.1. The average molecular weight is 514 g/mol. The van der Waals surface area contributed by atoms with Gasteiger partial charge in [-0.15, -0.1) is 0 Å². The van der Waals surface area contributed by atoms with Gasteiger partial charge in [0.2, 0.25) is 0 Å². The summed E-state index contributed by atoms with van der Waals surface area (Å²) < 4.78 is 11.7. The highest BCUT2D eigenvalue weighted by atomic mass is 35.5. The van der Waals surface area contributed by atoms with Crippen molar-refractivity contribution in [2.24, 2.45) is 0 Å². The van der Waals surface area contributed by atoms with Crippen LogP contribution in [-0.4, -0.2) is 27.3 Å². The third kappa shape index (κ3) is 2.56. The molecular formula is C21H8Cl4O7. The zero-order chi connectivity index (χ0) is 23.1. The molecule has 11 heteroatoms. The molecule has 5 rings (SSSR count). The van der Waals surface area contributed by atoms with Crippen LogP contribution in [-0.2, 0) is 10.3 Å². The monoisotopic (exact) mass is 512 g/mol. The molecule has 1 spiro atoms. The lowest BCUT2D eigenvalue weighted by atomic mass is 9.77. The largest absolute Gasteiger partial charge is 0.508 e. The second-order valence-electron chi connectivity index (χ2n) is 7.03. The van der Waals surface area contributed by atoms with Gasteiger partial charge in [0.25, 0.3) is 0 Å². The van der Waals surface area contributed by atoms with Crippen LogP contribution in [0.15, 0.2) is 30.3 Å². The lowest BCUT2D eigenvalue weighted by molar-refractivity contribution is 0.0225. The van der Waals surface area contributed by atoms with Crippen molar-refractivity contribution in [3.8, 4) is 23.0 Å². The third-order valence-corrected chi connectivity index (χ3v) is 6.82. The van der Waals surface area contributed by atoms with Gasteiger partial charge in [-0.1, -0.05) is 46.4 Å². The first-order chi connectivity index (χ1) is 15.1. The molecule has 0 aliphatic carbocycles. The number of aromatic hydroxyl groups is 2. The van der Waals surface area contributed by atoms with E-state index in [-0.39, 0.29) is 60.3 Å². The standard InChI is InChI=1S/C21H8Cl4O7/c22-9-3-7(27)5-11-14(9)21(8-2-1-6(26)4-10(8)31-11)15-12(20(30)32-21)17(24)18(25)13(16(15)23)19(28)29/h1-5,26-27H,(H,28,29). The van der Waals surface area contributed by atoms with Gasteiger partial charge in [-0.05, 0) is 18.2 Å². The van der Waals surface area contributed by atoms with Crippen molar-refractivity contribution in [2.75, 3.05) is 0 Å². The van der Waals surface area contributed by atoms with Crippen LogP contribution in [0.3, 0.4) is 0 Å². The zero-order valence-corrected chi connectivity index (χ0v) is 18.4. The van der Waals surface area contributed by atoms with Crippen LogP contribution in [0.5, 0.6) is 23.0 Å². The molecule has 0 bridgehead atoms. The number of carboxylic acid groups (broad SMARTS) is 1. The number of phenolic OH excluding ortho intramolecular Hbond substituents is 2. The Bertz CT molecular complexity index is 1400. The number of hydrogen-bond acceptors (Lipinski definition) is 6. The van der Waals surface area contributed by atoms with E-state index in [9.17, 15) is 24.9 Å². The molecule has 0 fully saturated rings. The van der Waals surface area contributed by atoms with Crippen molar-refractivity contribution < 1.29 is 34.4 Å². The van der Waals surface area contributed by atoms with Crippen molar-refractivity contribution in [3.63, 3.8) is 0 Å². The van der Waals surface area contributed by atoms with Crippen LogP contribution in [0.4, 0.5) is 0 Å². The van der Waals surface area contributed by atoms with Crippen molar-refractivity contribution in [3.05, 3.63) is 78.2 Å². The average Bonchev–Trinajstić information content (AvgIpc) is 2.98. The summed E-state index contributed by atoms with van der Waals surface area (Å²) in [6.07, 6.45) is 0. The maximum Gasteiger partial charge on any atom is 0.341 e. The van der Waals surface area contributed by atoms with Crippen LogP contribution in [0, 0.1) is 0 Å². The molecule has 2 aliphatic rings. The predicted molar refractivity (Wildman–Crippen MR) is 115 cm³/mol. The first-order valence-corrected chi connectivity index (χ1v) is 10.3. The number of carboxylic acids is 1. The molecule has 0 aromatic heterocycles. The Kier molecular flexibility index (Phi) is 4.49. The van der Waals surface area contributed by atoms with Crippen LogP contribution in [0.1, 0.15) is 37.4 Å². The number of ether oxygens (including phenoxy) is 2. The molecule has 7 nitrogen and oxygen atoms in total. The van der Waals surface area contributed by atoms with E-state index in [1.807, 2.05) is 0 Å². The van der Waals surface area contributed by atoms with E-state index in [1.165, 1.54) is 30.3 Å². The Labute approximate surface area is 199 Å². The molecule has 3 N–H and O–H groups in total. The normalized spacial score (nSPS) is 17.9. The van der Waals surface area contributed by atoms with Crippen molar-refractivity contribution in [1.82, 2.24) is 0 Å². The molecule has 3 aromatic carbocycles. The molecule has 1 atom stereocenters. The first-order valence-electron chi connectivity index (χ1n) is 8.79. The van der Waals surface area contributed by atoms with Gasteiger partial charge in [-0.25, -0.2) is 9.59 Å². The minimum atomic E-state index is -1.90. The molecule has 0 saturated heterocycles. The van der Waals surface area contributed by atoms with Gasteiger partial charge in [-0.2, -0.15) is 0 Å². The van der Waals surface area contributed by atoms with Crippen LogP contribution in [0.2, 0.25) is 20.1 Å². The Hall–Kier alpha value is -2.84. The molecule has 3 aromatic rings. The van der Waals surface area contributed by atoms with E-state index in [0.29, 0.717) is 0 Å². The van der Waals surface area contributed by atoms with Gasteiger partial charge >= 0.3 is 11.9 Å². The maximum atomic E-state index is 13.1. The van der Waals surface area contributed by atoms with E-state index in [4.69, 9.17) is 55.9 Å². The fourth-order valence-corrected chi connectivity index (χ4v) is 5.43. The molecule has 2 aliphatic heterocycles. The number of aromatic carboxylic acids is 1. The van der Waals surface area contributed by atoms with Gasteiger partial charge in [0.1, 0.15) is 23.0 Å². The first kappa shape index (κ1) is 21.0. The zero-order valence-electron chi connectivity index (χ0n) is 15.4. The highest BCUT2D eigenvalue weighted by molar-refractivity contribution is 6.48. The van der Waals surface area contributed by atoms with Gasteiger partial charge in [0.15, 0.2) is 5.60 Å². The van der Waals surface area contributed by atoms with Gasteiger partial charge < -0.3 is 24.8 Å². The molecule has 162 valence electrons. The van der Waals surface area contributed by atoms with Gasteiger partial charge in [0, 0.05) is 23.3 Å². The minimum Gasteiger partial charge on any atom is -0.508 e. The summed E-state index contributed by atoms with van der Waals surface area (Å²) in [4.78, 5) is 25.0. The van der Waals surface area contributed by atoms with E-state index < -0.39 is 28.1 Å². The molecular weight excluding hydrogens is 506 g/mol. The number of phenols is 2. The summed E-state index contributed by atoms with van der Waals surface area (Å²) in [5.74, 6) is -2.77. The number of carbonyl (C=O) groups excluding carboxylic acids is 1. The van der Waals surface area contributed by atoms with E-state index in [0.717, 1.165) is 0 Å². The van der Waals surface area contributed by atoms with E-state index in [2.05, 4.69) is 0 Å². The number of hydrogen-bond donors (Lipinski definition) is 3. The SMILES string of the molecule is O=C(O)c1c(Cl)c(Cl)c2c(c1Cl)C1(OC2=O)c2ccc(O)cc2Oc2cc(O)cc(Cl)c21. The summed E-state index contributed by atoms with van der Waals surface area (Å²) in [5.41, 5.74) is -2.48.